The molecule has 0 aliphatic heterocycles. The number of aromatic nitrogens is 2. The molecular weight excluding hydrogens is 254 g/mol. The molecule has 2 N–H and O–H groups in total. The summed E-state index contributed by atoms with van der Waals surface area (Å²) in [5, 5.41) is 0. The number of carbonyl (C=O) groups excluding carboxylic acids is 1. The molecule has 2 rings (SSSR count). The van der Waals surface area contributed by atoms with Gasteiger partial charge in [-0.15, -0.1) is 0 Å². The molecule has 2 aromatic rings. The second-order valence-corrected chi connectivity index (χ2v) is 4.10. The third kappa shape index (κ3) is 3.49. The molecule has 0 amide bonds. The number of benzene rings is 1. The van der Waals surface area contributed by atoms with Crippen molar-refractivity contribution in [2.24, 2.45) is 5.73 Å². The van der Waals surface area contributed by atoms with E-state index in [1.165, 1.54) is 13.2 Å². The summed E-state index contributed by atoms with van der Waals surface area (Å²) in [6.07, 6.45) is 6.23. The first-order valence-electron chi connectivity index (χ1n) is 6.10. The van der Waals surface area contributed by atoms with E-state index in [-0.39, 0.29) is 0 Å². The normalized spacial score (nSPS) is 10.7. The molecule has 5 nitrogen and oxygen atoms in total. The molecule has 0 bridgehead atoms. The highest BCUT2D eigenvalue weighted by Gasteiger charge is 2.01. The van der Waals surface area contributed by atoms with Gasteiger partial charge in [-0.2, -0.15) is 0 Å². The van der Waals surface area contributed by atoms with Gasteiger partial charge in [0, 0.05) is 36.1 Å². The summed E-state index contributed by atoms with van der Waals surface area (Å²) >= 11 is 0. The van der Waals surface area contributed by atoms with E-state index in [0.717, 1.165) is 16.7 Å². The van der Waals surface area contributed by atoms with Gasteiger partial charge < -0.3 is 10.5 Å². The maximum Gasteiger partial charge on any atom is 0.330 e. The Labute approximate surface area is 117 Å². The van der Waals surface area contributed by atoms with Gasteiger partial charge >= 0.3 is 5.97 Å². The summed E-state index contributed by atoms with van der Waals surface area (Å²) in [6, 6.07) is 7.76. The fraction of sp³-hybridized carbons (Fsp3) is 0.133. The van der Waals surface area contributed by atoms with Crippen molar-refractivity contribution in [3.63, 3.8) is 0 Å². The molecule has 20 heavy (non-hydrogen) atoms. The fourth-order valence-electron chi connectivity index (χ4n) is 1.64. The first-order valence-corrected chi connectivity index (χ1v) is 6.10. The second-order valence-electron chi connectivity index (χ2n) is 4.10. The number of esters is 1. The number of rotatable bonds is 4. The lowest BCUT2D eigenvalue weighted by Crippen LogP contribution is -1.97. The predicted molar refractivity (Wildman–Crippen MR) is 76.4 cm³/mol. The molecule has 0 saturated carbocycles. The van der Waals surface area contributed by atoms with Crippen molar-refractivity contribution < 1.29 is 9.53 Å². The Hall–Kier alpha value is -2.53. The zero-order valence-corrected chi connectivity index (χ0v) is 11.1. The highest BCUT2D eigenvalue weighted by Crippen LogP contribution is 2.16. The van der Waals surface area contributed by atoms with Crippen LogP contribution in [-0.4, -0.2) is 23.0 Å². The van der Waals surface area contributed by atoms with Gasteiger partial charge in [0.15, 0.2) is 5.82 Å². The summed E-state index contributed by atoms with van der Waals surface area (Å²) in [5.41, 5.74) is 8.28. The lowest BCUT2D eigenvalue weighted by Gasteiger charge is -2.02. The first kappa shape index (κ1) is 13.9. The van der Waals surface area contributed by atoms with Gasteiger partial charge in [-0.25, -0.2) is 14.8 Å². The van der Waals surface area contributed by atoms with Crippen LogP contribution < -0.4 is 5.73 Å². The number of nitrogens with two attached hydrogens (primary N) is 1. The summed E-state index contributed by atoms with van der Waals surface area (Å²) in [6.45, 7) is 0.480. The molecular formula is C15H15N3O2. The zero-order valence-electron chi connectivity index (χ0n) is 11.1. The lowest BCUT2D eigenvalue weighted by atomic mass is 10.1. The minimum atomic E-state index is -0.412. The van der Waals surface area contributed by atoms with Crippen molar-refractivity contribution in [2.45, 2.75) is 6.54 Å². The molecule has 0 aliphatic carbocycles. The van der Waals surface area contributed by atoms with Crippen LogP contribution in [0.5, 0.6) is 0 Å². The Morgan fingerprint density at radius 2 is 2.10 bits per heavy atom. The van der Waals surface area contributed by atoms with E-state index in [4.69, 9.17) is 5.73 Å². The summed E-state index contributed by atoms with van der Waals surface area (Å²) in [5.74, 6) is 0.209. The number of hydrogen-bond donors (Lipinski definition) is 1. The average molecular weight is 269 g/mol. The first-order chi connectivity index (χ1) is 9.72. The Morgan fingerprint density at radius 1 is 1.35 bits per heavy atom. The lowest BCUT2D eigenvalue weighted by molar-refractivity contribution is -0.134. The Morgan fingerprint density at radius 3 is 2.75 bits per heavy atom. The molecule has 1 aromatic heterocycles. The molecule has 0 unspecified atom stereocenters. The van der Waals surface area contributed by atoms with Gasteiger partial charge in [0.1, 0.15) is 0 Å². The van der Waals surface area contributed by atoms with E-state index in [2.05, 4.69) is 14.7 Å². The molecule has 5 heteroatoms. The van der Waals surface area contributed by atoms with E-state index in [0.29, 0.717) is 12.4 Å². The van der Waals surface area contributed by atoms with E-state index >= 15 is 0 Å². The van der Waals surface area contributed by atoms with Gasteiger partial charge in [-0.05, 0) is 17.7 Å². The van der Waals surface area contributed by atoms with E-state index in [1.807, 2.05) is 24.3 Å². The van der Waals surface area contributed by atoms with Crippen LogP contribution in [0.25, 0.3) is 17.5 Å². The molecule has 0 saturated heterocycles. The van der Waals surface area contributed by atoms with Crippen molar-refractivity contribution >= 4 is 12.0 Å². The number of ether oxygens (including phenoxy) is 1. The highest BCUT2D eigenvalue weighted by atomic mass is 16.5. The highest BCUT2D eigenvalue weighted by molar-refractivity contribution is 5.86. The maximum absolute atomic E-state index is 11.0. The Bertz CT molecular complexity index is 621. The van der Waals surface area contributed by atoms with Crippen LogP contribution >= 0.6 is 0 Å². The van der Waals surface area contributed by atoms with Crippen LogP contribution in [0.3, 0.4) is 0 Å². The zero-order chi connectivity index (χ0) is 14.4. The molecule has 0 fully saturated rings. The average Bonchev–Trinajstić information content (AvgIpc) is 2.53. The van der Waals surface area contributed by atoms with Crippen molar-refractivity contribution in [3.8, 4) is 11.4 Å². The van der Waals surface area contributed by atoms with Gasteiger partial charge in [0.25, 0.3) is 0 Å². The molecule has 1 heterocycles. The third-order valence-electron chi connectivity index (χ3n) is 2.71. The van der Waals surface area contributed by atoms with Crippen molar-refractivity contribution in [2.75, 3.05) is 7.11 Å². The standard InChI is InChI=1S/C15H15N3O2/c1-20-14(19)6-5-12-9-17-15(18-10-12)13-4-2-3-11(7-13)8-16/h2-7,9-10H,8,16H2,1H3. The van der Waals surface area contributed by atoms with E-state index in [9.17, 15) is 4.79 Å². The summed E-state index contributed by atoms with van der Waals surface area (Å²) in [4.78, 5) is 19.5. The van der Waals surface area contributed by atoms with Crippen LogP contribution in [0.4, 0.5) is 0 Å². The second kappa shape index (κ2) is 6.58. The SMILES string of the molecule is COC(=O)C=Cc1cnc(-c2cccc(CN)c2)nc1. The van der Waals surface area contributed by atoms with Gasteiger partial charge in [0.05, 0.1) is 7.11 Å². The minimum Gasteiger partial charge on any atom is -0.466 e. The molecule has 1 aromatic carbocycles. The molecule has 0 spiro atoms. The van der Waals surface area contributed by atoms with E-state index < -0.39 is 5.97 Å². The van der Waals surface area contributed by atoms with Gasteiger partial charge in [-0.3, -0.25) is 0 Å². The monoisotopic (exact) mass is 269 g/mol. The minimum absolute atomic E-state index is 0.412. The summed E-state index contributed by atoms with van der Waals surface area (Å²) < 4.78 is 4.51. The van der Waals surface area contributed by atoms with Crippen LogP contribution in [0, 0.1) is 0 Å². The maximum atomic E-state index is 11.0. The molecule has 0 atom stereocenters. The predicted octanol–water partition coefficient (Wildman–Crippen LogP) is 1.79. The number of nitrogens with zero attached hydrogens (tertiary/aromatic N) is 2. The third-order valence-corrected chi connectivity index (χ3v) is 2.71. The van der Waals surface area contributed by atoms with Crippen molar-refractivity contribution in [1.82, 2.24) is 9.97 Å². The van der Waals surface area contributed by atoms with Crippen LogP contribution in [-0.2, 0) is 16.1 Å². The van der Waals surface area contributed by atoms with Crippen molar-refractivity contribution in [3.05, 3.63) is 53.9 Å². The van der Waals surface area contributed by atoms with Gasteiger partial charge in [-0.1, -0.05) is 18.2 Å². The van der Waals surface area contributed by atoms with Gasteiger partial charge in [0.2, 0.25) is 0 Å². The topological polar surface area (TPSA) is 78.1 Å². The smallest absolute Gasteiger partial charge is 0.330 e. The van der Waals surface area contributed by atoms with Crippen LogP contribution in [0.1, 0.15) is 11.1 Å². The Kier molecular flexibility index (Phi) is 4.57. The van der Waals surface area contributed by atoms with E-state index in [1.54, 1.807) is 18.5 Å². The Balaban J connectivity index is 2.19. The fourth-order valence-corrected chi connectivity index (χ4v) is 1.64. The molecule has 0 aliphatic rings. The molecule has 102 valence electrons. The number of methoxy groups -OCH3 is 1. The van der Waals surface area contributed by atoms with Crippen LogP contribution in [0.2, 0.25) is 0 Å². The van der Waals surface area contributed by atoms with Crippen molar-refractivity contribution in [1.29, 1.82) is 0 Å². The number of hydrogen-bond acceptors (Lipinski definition) is 5. The summed E-state index contributed by atoms with van der Waals surface area (Å²) in [7, 11) is 1.33. The van der Waals surface area contributed by atoms with Crippen LogP contribution in [0.15, 0.2) is 42.7 Å². The largest absolute Gasteiger partial charge is 0.466 e. The molecule has 0 radical (unpaired) electrons. The number of carbonyl (C=O) groups is 1. The quantitative estimate of drug-likeness (QED) is 0.676.